The highest BCUT2D eigenvalue weighted by atomic mass is 127. The third-order valence-corrected chi connectivity index (χ3v) is 6.22. The van der Waals surface area contributed by atoms with Crippen LogP contribution in [0.1, 0.15) is 15.9 Å². The van der Waals surface area contributed by atoms with Crippen LogP contribution in [-0.2, 0) is 0 Å². The summed E-state index contributed by atoms with van der Waals surface area (Å²) in [6.07, 6.45) is 1.95. The van der Waals surface area contributed by atoms with Crippen molar-refractivity contribution in [1.29, 1.82) is 0 Å². The van der Waals surface area contributed by atoms with Gasteiger partial charge in [-0.05, 0) is 47.2 Å². The zero-order chi connectivity index (χ0) is 17.4. The second kappa shape index (κ2) is 6.61. The van der Waals surface area contributed by atoms with Crippen LogP contribution < -0.4 is 5.32 Å². The Morgan fingerprint density at radius 2 is 2.04 bits per heavy atom. The second-order valence-electron chi connectivity index (χ2n) is 5.68. The first-order chi connectivity index (χ1) is 12.1. The molecule has 25 heavy (non-hydrogen) atoms. The van der Waals surface area contributed by atoms with Crippen molar-refractivity contribution in [3.63, 3.8) is 0 Å². The van der Waals surface area contributed by atoms with Gasteiger partial charge in [-0.3, -0.25) is 10.1 Å². The van der Waals surface area contributed by atoms with Gasteiger partial charge in [-0.2, -0.15) is 0 Å². The number of nitrogens with one attached hydrogen (secondary N) is 2. The zero-order valence-electron chi connectivity index (χ0n) is 13.3. The molecule has 0 fully saturated rings. The van der Waals surface area contributed by atoms with Gasteiger partial charge in [0.1, 0.15) is 0 Å². The lowest BCUT2D eigenvalue weighted by Gasteiger charge is -2.06. The molecule has 0 bridgehead atoms. The molecule has 6 heteroatoms. The Kier molecular flexibility index (Phi) is 4.30. The molecule has 0 unspecified atom stereocenters. The summed E-state index contributed by atoms with van der Waals surface area (Å²) in [4.78, 5) is 20.4. The lowest BCUT2D eigenvalue weighted by atomic mass is 10.1. The molecule has 124 valence electrons. The minimum absolute atomic E-state index is 0.132. The van der Waals surface area contributed by atoms with E-state index in [9.17, 15) is 4.79 Å². The van der Waals surface area contributed by atoms with E-state index in [-0.39, 0.29) is 5.91 Å². The molecule has 0 aliphatic heterocycles. The fourth-order valence-corrected chi connectivity index (χ4v) is 4.04. The monoisotopic (exact) mass is 459 g/mol. The van der Waals surface area contributed by atoms with Gasteiger partial charge in [0.25, 0.3) is 5.91 Å². The number of carbonyl (C=O) groups excluding carboxylic acids is 1. The average Bonchev–Trinajstić information content (AvgIpc) is 3.23. The highest BCUT2D eigenvalue weighted by Crippen LogP contribution is 2.31. The third-order valence-electron chi connectivity index (χ3n) is 4.03. The van der Waals surface area contributed by atoms with Gasteiger partial charge >= 0.3 is 0 Å². The van der Waals surface area contributed by atoms with Crippen LogP contribution in [0.3, 0.4) is 0 Å². The number of aryl methyl sites for hydroxylation is 1. The summed E-state index contributed by atoms with van der Waals surface area (Å²) in [6.45, 7) is 2.00. The molecule has 0 atom stereocenters. The SMILES string of the molecule is Cc1cccc(C(=O)Nc2nc(-c3c[nH]c4ccccc34)cs2)c1I. The van der Waals surface area contributed by atoms with Crippen LogP contribution in [0.15, 0.2) is 54.0 Å². The summed E-state index contributed by atoms with van der Waals surface area (Å²) in [6, 6.07) is 13.8. The van der Waals surface area contributed by atoms with Crippen LogP contribution in [0.4, 0.5) is 5.13 Å². The number of fused-ring (bicyclic) bond motifs is 1. The number of aromatic nitrogens is 2. The number of benzene rings is 2. The molecule has 4 nitrogen and oxygen atoms in total. The van der Waals surface area contributed by atoms with E-state index >= 15 is 0 Å². The maximum atomic E-state index is 12.5. The molecular formula is C19H14IN3OS. The Balaban J connectivity index is 1.61. The number of rotatable bonds is 3. The zero-order valence-corrected chi connectivity index (χ0v) is 16.3. The average molecular weight is 459 g/mol. The van der Waals surface area contributed by atoms with Crippen molar-refractivity contribution in [2.24, 2.45) is 0 Å². The number of hydrogen-bond donors (Lipinski definition) is 2. The summed E-state index contributed by atoms with van der Waals surface area (Å²) >= 11 is 3.63. The number of para-hydroxylation sites is 1. The number of amides is 1. The molecule has 1 amide bonds. The Morgan fingerprint density at radius 3 is 2.92 bits per heavy atom. The van der Waals surface area contributed by atoms with E-state index < -0.39 is 0 Å². The molecule has 0 radical (unpaired) electrons. The smallest absolute Gasteiger partial charge is 0.258 e. The summed E-state index contributed by atoms with van der Waals surface area (Å²) < 4.78 is 0.964. The van der Waals surface area contributed by atoms with Gasteiger partial charge in [0, 0.05) is 31.6 Å². The molecule has 0 spiro atoms. The lowest BCUT2D eigenvalue weighted by molar-refractivity contribution is 0.102. The maximum Gasteiger partial charge on any atom is 0.258 e. The standard InChI is InChI=1S/C19H14IN3OS/c1-11-5-4-7-13(17(11)20)18(24)23-19-22-16(10-25-19)14-9-21-15-8-3-2-6-12(14)15/h2-10,21H,1H3,(H,22,23,24). The Labute approximate surface area is 162 Å². The van der Waals surface area contributed by atoms with E-state index in [4.69, 9.17) is 0 Å². The van der Waals surface area contributed by atoms with Crippen LogP contribution in [-0.4, -0.2) is 15.9 Å². The number of thiazole rings is 1. The number of halogens is 1. The number of hydrogen-bond acceptors (Lipinski definition) is 3. The fraction of sp³-hybridized carbons (Fsp3) is 0.0526. The predicted octanol–water partition coefficient (Wildman–Crippen LogP) is 5.46. The normalized spacial score (nSPS) is 11.0. The summed E-state index contributed by atoms with van der Waals surface area (Å²) in [7, 11) is 0. The van der Waals surface area contributed by atoms with Gasteiger partial charge < -0.3 is 4.98 Å². The largest absolute Gasteiger partial charge is 0.360 e. The van der Waals surface area contributed by atoms with E-state index in [1.54, 1.807) is 0 Å². The van der Waals surface area contributed by atoms with Gasteiger partial charge in [0.15, 0.2) is 5.13 Å². The molecule has 2 N–H and O–H groups in total. The first kappa shape index (κ1) is 16.3. The molecule has 0 saturated carbocycles. The predicted molar refractivity (Wildman–Crippen MR) is 111 cm³/mol. The van der Waals surface area contributed by atoms with Crippen molar-refractivity contribution >= 4 is 55.9 Å². The molecule has 0 aliphatic carbocycles. The van der Waals surface area contributed by atoms with Crippen LogP contribution in [0.2, 0.25) is 0 Å². The van der Waals surface area contributed by atoms with E-state index in [1.165, 1.54) is 11.3 Å². The quantitative estimate of drug-likeness (QED) is 0.400. The van der Waals surface area contributed by atoms with Crippen molar-refractivity contribution in [3.8, 4) is 11.3 Å². The number of anilines is 1. The first-order valence-electron chi connectivity index (χ1n) is 7.72. The van der Waals surface area contributed by atoms with Gasteiger partial charge in [-0.1, -0.05) is 30.3 Å². The van der Waals surface area contributed by atoms with Crippen molar-refractivity contribution in [2.75, 3.05) is 5.32 Å². The van der Waals surface area contributed by atoms with Gasteiger partial charge in [0.05, 0.1) is 11.3 Å². The Morgan fingerprint density at radius 1 is 1.20 bits per heavy atom. The molecule has 2 aromatic heterocycles. The van der Waals surface area contributed by atoms with Crippen LogP contribution in [0.25, 0.3) is 22.2 Å². The summed E-state index contributed by atoms with van der Waals surface area (Å²) in [5.74, 6) is -0.132. The number of nitrogens with zero attached hydrogens (tertiary/aromatic N) is 1. The first-order valence-corrected chi connectivity index (χ1v) is 9.68. The topological polar surface area (TPSA) is 57.8 Å². The highest BCUT2D eigenvalue weighted by molar-refractivity contribution is 14.1. The maximum absolute atomic E-state index is 12.5. The van der Waals surface area contributed by atoms with Crippen molar-refractivity contribution in [3.05, 3.63) is 68.7 Å². The summed E-state index contributed by atoms with van der Waals surface area (Å²) in [5.41, 5.74) is 4.73. The molecule has 4 rings (SSSR count). The van der Waals surface area contributed by atoms with Gasteiger partial charge in [0.2, 0.25) is 0 Å². The number of aromatic amines is 1. The third kappa shape index (κ3) is 3.07. The van der Waals surface area contributed by atoms with Crippen LogP contribution in [0, 0.1) is 10.5 Å². The fourth-order valence-electron chi connectivity index (χ4n) is 2.73. The lowest BCUT2D eigenvalue weighted by Crippen LogP contribution is -2.13. The molecule has 0 aliphatic rings. The van der Waals surface area contributed by atoms with Crippen LogP contribution in [0.5, 0.6) is 0 Å². The minimum atomic E-state index is -0.132. The van der Waals surface area contributed by atoms with Crippen molar-refractivity contribution < 1.29 is 4.79 Å². The van der Waals surface area contributed by atoms with E-state index in [0.717, 1.165) is 31.3 Å². The summed E-state index contributed by atoms with van der Waals surface area (Å²) in [5, 5.41) is 6.60. The van der Waals surface area contributed by atoms with Crippen molar-refractivity contribution in [1.82, 2.24) is 9.97 Å². The minimum Gasteiger partial charge on any atom is -0.360 e. The molecule has 0 saturated heterocycles. The van der Waals surface area contributed by atoms with Gasteiger partial charge in [-0.15, -0.1) is 11.3 Å². The Hall–Kier alpha value is -2.19. The van der Waals surface area contributed by atoms with E-state index in [1.807, 2.05) is 54.9 Å². The highest BCUT2D eigenvalue weighted by Gasteiger charge is 2.15. The molecular weight excluding hydrogens is 445 g/mol. The van der Waals surface area contributed by atoms with Gasteiger partial charge in [-0.25, -0.2) is 4.98 Å². The van der Waals surface area contributed by atoms with E-state index in [0.29, 0.717) is 10.7 Å². The molecule has 4 aromatic rings. The molecule has 2 heterocycles. The van der Waals surface area contributed by atoms with Crippen molar-refractivity contribution in [2.45, 2.75) is 6.92 Å². The van der Waals surface area contributed by atoms with Crippen LogP contribution >= 0.6 is 33.9 Å². The second-order valence-corrected chi connectivity index (χ2v) is 7.61. The van der Waals surface area contributed by atoms with E-state index in [2.05, 4.69) is 43.9 Å². The number of H-pyrrole nitrogens is 1. The Bertz CT molecular complexity index is 1080. The number of carbonyl (C=O) groups is 1. The molecule has 2 aromatic carbocycles.